The molecule has 11 heteroatoms. The van der Waals surface area contributed by atoms with Crippen molar-refractivity contribution in [3.63, 3.8) is 0 Å². The summed E-state index contributed by atoms with van der Waals surface area (Å²) in [7, 11) is 0. The van der Waals surface area contributed by atoms with E-state index in [0.717, 1.165) is 10.8 Å². The van der Waals surface area contributed by atoms with Gasteiger partial charge >= 0.3 is 5.69 Å². The van der Waals surface area contributed by atoms with Crippen molar-refractivity contribution in [2.45, 2.75) is 31.5 Å². The number of ether oxygens (including phenoxy) is 2. The highest BCUT2D eigenvalue weighted by molar-refractivity contribution is 5.32. The van der Waals surface area contributed by atoms with Crippen LogP contribution in [0.15, 0.2) is 40.1 Å². The molecule has 1 fully saturated rings. The van der Waals surface area contributed by atoms with Gasteiger partial charge in [-0.25, -0.2) is 4.79 Å². The van der Waals surface area contributed by atoms with Gasteiger partial charge in [-0.05, 0) is 17.7 Å². The van der Waals surface area contributed by atoms with Crippen LogP contribution in [0, 0.1) is 15.9 Å². The van der Waals surface area contributed by atoms with Crippen molar-refractivity contribution in [2.75, 3.05) is 6.61 Å². The Morgan fingerprint density at radius 1 is 1.37 bits per heavy atom. The first-order valence-corrected chi connectivity index (χ1v) is 8.01. The summed E-state index contributed by atoms with van der Waals surface area (Å²) in [6.07, 6.45) is -1.38. The summed E-state index contributed by atoms with van der Waals surface area (Å²) in [5, 5.41) is 20.1. The number of hydrogen-bond acceptors (Lipinski definition) is 7. The summed E-state index contributed by atoms with van der Waals surface area (Å²) in [5.41, 5.74) is -1.33. The third-order valence-electron chi connectivity index (χ3n) is 4.21. The standard InChI is InChI=1S/C16H16FN3O7/c17-11-6-19(16(23)18-15(11)22)14-5-12(13(7-21)27-14)26-8-9-1-3-10(4-2-9)20(24)25/h1-4,6,12-14,21H,5,7-8H2,(H,18,22,23)/t12-,13+,14+/m0/s1. The topological polar surface area (TPSA) is 137 Å². The second-order valence-electron chi connectivity index (χ2n) is 5.96. The minimum Gasteiger partial charge on any atom is -0.394 e. The van der Waals surface area contributed by atoms with E-state index in [1.165, 1.54) is 12.1 Å². The number of hydrogen-bond donors (Lipinski definition) is 2. The fourth-order valence-electron chi connectivity index (χ4n) is 2.80. The Morgan fingerprint density at radius 3 is 2.70 bits per heavy atom. The Hall–Kier alpha value is -2.89. The molecule has 1 aliphatic rings. The molecule has 1 aromatic heterocycles. The molecule has 0 saturated carbocycles. The molecule has 0 spiro atoms. The van der Waals surface area contributed by atoms with Crippen molar-refractivity contribution in [1.82, 2.24) is 9.55 Å². The SMILES string of the molecule is O=c1[nH]c(=O)n([C@H]2C[C@H](OCc3ccc([N+](=O)[O-])cc3)[C@@H](CO)O2)cc1F. The van der Waals surface area contributed by atoms with E-state index in [1.54, 1.807) is 12.1 Å². The highest BCUT2D eigenvalue weighted by Gasteiger charge is 2.37. The predicted octanol–water partition coefficient (Wildman–Crippen LogP) is 0.449. The van der Waals surface area contributed by atoms with Crippen molar-refractivity contribution < 1.29 is 23.9 Å². The number of non-ortho nitro benzene ring substituents is 1. The first-order chi connectivity index (χ1) is 12.9. The monoisotopic (exact) mass is 381 g/mol. The molecule has 27 heavy (non-hydrogen) atoms. The molecule has 2 aromatic rings. The van der Waals surface area contributed by atoms with Gasteiger partial charge in [0.15, 0.2) is 0 Å². The summed E-state index contributed by atoms with van der Waals surface area (Å²) in [6.45, 7) is -0.286. The highest BCUT2D eigenvalue weighted by atomic mass is 19.1. The van der Waals surface area contributed by atoms with E-state index in [4.69, 9.17) is 9.47 Å². The number of rotatable bonds is 6. The normalized spacial score (nSPS) is 22.1. The lowest BCUT2D eigenvalue weighted by molar-refractivity contribution is -0.384. The van der Waals surface area contributed by atoms with Gasteiger partial charge < -0.3 is 14.6 Å². The van der Waals surface area contributed by atoms with Crippen LogP contribution in [-0.4, -0.2) is 38.4 Å². The lowest BCUT2D eigenvalue weighted by Crippen LogP contribution is -2.34. The van der Waals surface area contributed by atoms with Crippen LogP contribution in [-0.2, 0) is 16.1 Å². The number of aromatic amines is 1. The van der Waals surface area contributed by atoms with E-state index in [-0.39, 0.29) is 25.3 Å². The van der Waals surface area contributed by atoms with Crippen LogP contribution in [0.25, 0.3) is 0 Å². The number of halogens is 1. The van der Waals surface area contributed by atoms with Crippen LogP contribution in [0.2, 0.25) is 0 Å². The number of nitrogens with one attached hydrogen (secondary N) is 1. The molecular weight excluding hydrogens is 365 g/mol. The molecule has 144 valence electrons. The Kier molecular flexibility index (Phi) is 5.44. The van der Waals surface area contributed by atoms with Gasteiger partial charge in [-0.2, -0.15) is 4.39 Å². The van der Waals surface area contributed by atoms with Crippen molar-refractivity contribution in [3.8, 4) is 0 Å². The van der Waals surface area contributed by atoms with Crippen molar-refractivity contribution in [3.05, 3.63) is 72.8 Å². The summed E-state index contributed by atoms with van der Waals surface area (Å²) < 4.78 is 25.6. The van der Waals surface area contributed by atoms with Gasteiger partial charge in [0.1, 0.15) is 12.3 Å². The van der Waals surface area contributed by atoms with Crippen molar-refractivity contribution in [2.24, 2.45) is 0 Å². The van der Waals surface area contributed by atoms with Gasteiger partial charge in [-0.15, -0.1) is 0 Å². The lowest BCUT2D eigenvalue weighted by atomic mass is 10.1. The maximum Gasteiger partial charge on any atom is 0.330 e. The average molecular weight is 381 g/mol. The second kappa shape index (κ2) is 7.78. The third kappa shape index (κ3) is 4.10. The first kappa shape index (κ1) is 18.9. The van der Waals surface area contributed by atoms with E-state index in [1.807, 2.05) is 4.98 Å². The molecule has 0 bridgehead atoms. The molecule has 10 nitrogen and oxygen atoms in total. The van der Waals surface area contributed by atoms with E-state index in [0.29, 0.717) is 5.56 Å². The first-order valence-electron chi connectivity index (χ1n) is 8.01. The summed E-state index contributed by atoms with van der Waals surface area (Å²) >= 11 is 0. The van der Waals surface area contributed by atoms with Gasteiger partial charge in [0.25, 0.3) is 11.2 Å². The molecule has 0 radical (unpaired) electrons. The summed E-state index contributed by atoms with van der Waals surface area (Å²) in [5.74, 6) is -1.13. The number of nitrogens with zero attached hydrogens (tertiary/aromatic N) is 2. The number of benzene rings is 1. The Bertz CT molecular complexity index is 940. The number of nitro benzene ring substituents is 1. The molecule has 0 aliphatic carbocycles. The van der Waals surface area contributed by atoms with Gasteiger partial charge in [-0.3, -0.25) is 24.5 Å². The number of H-pyrrole nitrogens is 1. The van der Waals surface area contributed by atoms with Crippen LogP contribution < -0.4 is 11.2 Å². The average Bonchev–Trinajstić information content (AvgIpc) is 3.06. The van der Waals surface area contributed by atoms with E-state index < -0.39 is 40.4 Å². The maximum absolute atomic E-state index is 13.5. The molecule has 1 aromatic carbocycles. The van der Waals surface area contributed by atoms with Crippen molar-refractivity contribution in [1.29, 1.82) is 0 Å². The zero-order valence-corrected chi connectivity index (χ0v) is 13.9. The van der Waals surface area contributed by atoms with Crippen LogP contribution in [0.4, 0.5) is 10.1 Å². The molecule has 3 rings (SSSR count). The second-order valence-corrected chi connectivity index (χ2v) is 5.96. The fourth-order valence-corrected chi connectivity index (χ4v) is 2.80. The van der Waals surface area contributed by atoms with Gasteiger partial charge in [0, 0.05) is 18.6 Å². The number of aliphatic hydroxyl groups is 1. The van der Waals surface area contributed by atoms with Crippen LogP contribution in [0.5, 0.6) is 0 Å². The molecule has 2 N–H and O–H groups in total. The van der Waals surface area contributed by atoms with Crippen LogP contribution >= 0.6 is 0 Å². The van der Waals surface area contributed by atoms with Crippen LogP contribution in [0.1, 0.15) is 18.2 Å². The van der Waals surface area contributed by atoms with E-state index >= 15 is 0 Å². The van der Waals surface area contributed by atoms with Gasteiger partial charge in [0.2, 0.25) is 5.82 Å². The number of nitro groups is 1. The predicted molar refractivity (Wildman–Crippen MR) is 88.6 cm³/mol. The zero-order chi connectivity index (χ0) is 19.6. The van der Waals surface area contributed by atoms with Crippen molar-refractivity contribution >= 4 is 5.69 Å². The highest BCUT2D eigenvalue weighted by Crippen LogP contribution is 2.30. The fraction of sp³-hybridized carbons (Fsp3) is 0.375. The largest absolute Gasteiger partial charge is 0.394 e. The van der Waals surface area contributed by atoms with E-state index in [2.05, 4.69) is 0 Å². The molecule has 3 atom stereocenters. The lowest BCUT2D eigenvalue weighted by Gasteiger charge is -2.16. The van der Waals surface area contributed by atoms with Gasteiger partial charge in [0.05, 0.1) is 30.4 Å². The maximum atomic E-state index is 13.5. The minimum atomic E-state index is -1.13. The summed E-state index contributed by atoms with van der Waals surface area (Å²) in [6, 6.07) is 5.78. The molecule has 1 saturated heterocycles. The Balaban J connectivity index is 1.69. The molecule has 0 unspecified atom stereocenters. The quantitative estimate of drug-likeness (QED) is 0.547. The molecule has 0 amide bonds. The molecule has 2 heterocycles. The molecule has 1 aliphatic heterocycles. The van der Waals surface area contributed by atoms with E-state index in [9.17, 15) is 29.2 Å². The minimum absolute atomic E-state index is 0.0456. The third-order valence-corrected chi connectivity index (χ3v) is 4.21. The smallest absolute Gasteiger partial charge is 0.330 e. The number of aromatic nitrogens is 2. The zero-order valence-electron chi connectivity index (χ0n) is 13.9. The summed E-state index contributed by atoms with van der Waals surface area (Å²) in [4.78, 5) is 35.0. The van der Waals surface area contributed by atoms with Gasteiger partial charge in [-0.1, -0.05) is 0 Å². The van der Waals surface area contributed by atoms with Crippen LogP contribution in [0.3, 0.4) is 0 Å². The Labute approximate surface area is 150 Å². The Morgan fingerprint density at radius 2 is 2.07 bits per heavy atom. The molecular formula is C16H16FN3O7. The number of aliphatic hydroxyl groups excluding tert-OH is 1.